The first-order chi connectivity index (χ1) is 11.5. The zero-order valence-electron chi connectivity index (χ0n) is 16.1. The van der Waals surface area contributed by atoms with E-state index in [0.29, 0.717) is 12.8 Å². The van der Waals surface area contributed by atoms with Crippen LogP contribution in [0.2, 0.25) is 0 Å². The van der Waals surface area contributed by atoms with Crippen molar-refractivity contribution < 1.29 is 22.7 Å². The molecule has 1 fully saturated rings. The predicted molar refractivity (Wildman–Crippen MR) is 94.5 cm³/mol. The second-order valence-corrected chi connectivity index (χ2v) is 8.44. The van der Waals surface area contributed by atoms with E-state index < -0.39 is 48.0 Å². The highest BCUT2D eigenvalue weighted by molar-refractivity contribution is 5.19. The Morgan fingerprint density at radius 3 is 2.12 bits per heavy atom. The summed E-state index contributed by atoms with van der Waals surface area (Å²) in [5, 5.41) is 10.2. The molecule has 0 bridgehead atoms. The molecule has 0 heterocycles. The molecule has 0 amide bonds. The number of hydrogen-bond acceptors (Lipinski definition) is 1. The molecule has 1 aliphatic rings. The first-order valence-electron chi connectivity index (χ1n) is 9.39. The molecule has 7 unspecified atom stereocenters. The molecule has 0 spiro atoms. The molecule has 0 aromatic rings. The third-order valence-corrected chi connectivity index (χ3v) is 6.04. The van der Waals surface area contributed by atoms with E-state index in [1.54, 1.807) is 13.8 Å². The number of halogens is 4. The minimum atomic E-state index is -2.32. The molecule has 1 saturated carbocycles. The summed E-state index contributed by atoms with van der Waals surface area (Å²) in [6, 6.07) is 0. The zero-order valence-corrected chi connectivity index (χ0v) is 16.1. The van der Waals surface area contributed by atoms with Crippen molar-refractivity contribution in [2.45, 2.75) is 91.1 Å². The zero-order chi connectivity index (χ0) is 19.5. The smallest absolute Gasteiger partial charge is 0.163 e. The summed E-state index contributed by atoms with van der Waals surface area (Å²) in [7, 11) is 0. The molecule has 0 radical (unpaired) electrons. The first kappa shape index (κ1) is 22.5. The molecular weight excluding hydrogens is 332 g/mol. The van der Waals surface area contributed by atoms with Crippen molar-refractivity contribution in [1.29, 1.82) is 0 Å². The highest BCUT2D eigenvalue weighted by atomic mass is 19.2. The summed E-state index contributed by atoms with van der Waals surface area (Å²) >= 11 is 0. The lowest BCUT2D eigenvalue weighted by molar-refractivity contribution is -0.0658. The van der Waals surface area contributed by atoms with Crippen molar-refractivity contribution in [1.82, 2.24) is 0 Å². The summed E-state index contributed by atoms with van der Waals surface area (Å²) in [5.74, 6) is -2.40. The maximum absolute atomic E-state index is 14.6. The Morgan fingerprint density at radius 2 is 1.60 bits per heavy atom. The first-order valence-corrected chi connectivity index (χ1v) is 9.39. The van der Waals surface area contributed by atoms with Gasteiger partial charge in [-0.05, 0) is 30.6 Å². The highest BCUT2D eigenvalue weighted by Crippen LogP contribution is 2.47. The Hall–Kier alpha value is -0.580. The van der Waals surface area contributed by atoms with Crippen LogP contribution in [0.4, 0.5) is 17.6 Å². The Labute approximate surface area is 149 Å². The standard InChI is InChI=1S/C20H34F4O/c1-7-8-11(2)14(25)9-10-20(5,6)13(4)15-16(21)12(3)17(22)19(24)18(15)23/h11-12,14-19,25H,4,7-10H2,1-3,5-6H3/t11?,12-,14?,15?,16?,17?,18?,19?/m0/s1. The van der Waals surface area contributed by atoms with Gasteiger partial charge in [0.1, 0.15) is 18.5 Å². The van der Waals surface area contributed by atoms with Crippen molar-refractivity contribution >= 4 is 0 Å². The molecule has 5 heteroatoms. The number of rotatable bonds is 8. The van der Waals surface area contributed by atoms with E-state index in [1.165, 1.54) is 6.92 Å². The molecule has 0 aromatic heterocycles. The van der Waals surface area contributed by atoms with E-state index >= 15 is 0 Å². The molecule has 148 valence electrons. The van der Waals surface area contributed by atoms with E-state index in [-0.39, 0.29) is 11.5 Å². The fraction of sp³-hybridized carbons (Fsp3) is 0.900. The third-order valence-electron chi connectivity index (χ3n) is 6.04. The van der Waals surface area contributed by atoms with Crippen molar-refractivity contribution in [3.63, 3.8) is 0 Å². The summed E-state index contributed by atoms with van der Waals surface area (Å²) < 4.78 is 56.5. The van der Waals surface area contributed by atoms with Crippen LogP contribution in [0.25, 0.3) is 0 Å². The Kier molecular flexibility index (Phi) is 7.97. The van der Waals surface area contributed by atoms with Crippen LogP contribution >= 0.6 is 0 Å². The Morgan fingerprint density at radius 1 is 1.04 bits per heavy atom. The van der Waals surface area contributed by atoms with Gasteiger partial charge >= 0.3 is 0 Å². The second-order valence-electron chi connectivity index (χ2n) is 8.44. The fourth-order valence-electron chi connectivity index (χ4n) is 3.78. The number of aliphatic hydroxyl groups is 1. The highest BCUT2D eigenvalue weighted by Gasteiger charge is 2.53. The van der Waals surface area contributed by atoms with Gasteiger partial charge in [0.2, 0.25) is 0 Å². The lowest BCUT2D eigenvalue weighted by atomic mass is 9.66. The quantitative estimate of drug-likeness (QED) is 0.427. The van der Waals surface area contributed by atoms with Gasteiger partial charge in [0.15, 0.2) is 6.17 Å². The van der Waals surface area contributed by atoms with Gasteiger partial charge < -0.3 is 5.11 Å². The minimum absolute atomic E-state index is 0.147. The number of allylic oxidation sites excluding steroid dienone is 1. The normalized spacial score (nSPS) is 36.1. The van der Waals surface area contributed by atoms with Crippen molar-refractivity contribution in [2.24, 2.45) is 23.2 Å². The van der Waals surface area contributed by atoms with Crippen LogP contribution in [0.3, 0.4) is 0 Å². The lowest BCUT2D eigenvalue weighted by Crippen LogP contribution is -2.52. The van der Waals surface area contributed by atoms with Crippen LogP contribution in [-0.4, -0.2) is 35.9 Å². The van der Waals surface area contributed by atoms with E-state index in [9.17, 15) is 22.7 Å². The van der Waals surface area contributed by atoms with Crippen molar-refractivity contribution in [2.75, 3.05) is 0 Å². The largest absolute Gasteiger partial charge is 0.393 e. The second kappa shape index (κ2) is 8.88. The molecule has 0 aliphatic heterocycles. The van der Waals surface area contributed by atoms with Crippen LogP contribution in [0.1, 0.15) is 60.3 Å². The number of aliphatic hydroxyl groups excluding tert-OH is 1. The van der Waals surface area contributed by atoms with Crippen molar-refractivity contribution in [3.8, 4) is 0 Å². The topological polar surface area (TPSA) is 20.2 Å². The summed E-state index contributed by atoms with van der Waals surface area (Å²) in [6.45, 7) is 12.7. The molecule has 0 saturated heterocycles. The maximum atomic E-state index is 14.6. The predicted octanol–water partition coefficient (Wildman–Crippen LogP) is 5.76. The minimum Gasteiger partial charge on any atom is -0.393 e. The van der Waals surface area contributed by atoms with Gasteiger partial charge in [0.25, 0.3) is 0 Å². The molecule has 1 aliphatic carbocycles. The van der Waals surface area contributed by atoms with Crippen LogP contribution in [0.15, 0.2) is 12.2 Å². The van der Waals surface area contributed by atoms with Crippen LogP contribution in [0.5, 0.6) is 0 Å². The molecule has 1 nitrogen and oxygen atoms in total. The summed E-state index contributed by atoms with van der Waals surface area (Å²) in [6.07, 6.45) is -6.13. The average Bonchev–Trinajstić information content (AvgIpc) is 2.56. The lowest BCUT2D eigenvalue weighted by Gasteiger charge is -2.43. The molecule has 0 aromatic carbocycles. The fourth-order valence-corrected chi connectivity index (χ4v) is 3.78. The molecule has 1 N–H and O–H groups in total. The molecule has 25 heavy (non-hydrogen) atoms. The van der Waals surface area contributed by atoms with Crippen LogP contribution in [0, 0.1) is 23.2 Å². The molecule has 8 atom stereocenters. The SMILES string of the molecule is C=C(C1C(F)C(F)C(F)[C@@H](C)C1F)C(C)(C)CCC(O)C(C)CCC. The van der Waals surface area contributed by atoms with E-state index in [4.69, 9.17) is 0 Å². The number of hydrogen-bond donors (Lipinski definition) is 1. The van der Waals surface area contributed by atoms with Gasteiger partial charge in [-0.25, -0.2) is 17.6 Å². The molecular formula is C20H34F4O. The maximum Gasteiger partial charge on any atom is 0.163 e. The van der Waals surface area contributed by atoms with Gasteiger partial charge in [-0.15, -0.1) is 0 Å². The summed E-state index contributed by atoms with van der Waals surface area (Å²) in [4.78, 5) is 0. The monoisotopic (exact) mass is 366 g/mol. The summed E-state index contributed by atoms with van der Waals surface area (Å²) in [5.41, 5.74) is -0.404. The Bertz CT molecular complexity index is 423. The van der Waals surface area contributed by atoms with Gasteiger partial charge in [-0.2, -0.15) is 0 Å². The average molecular weight is 366 g/mol. The van der Waals surface area contributed by atoms with Crippen LogP contribution in [-0.2, 0) is 0 Å². The van der Waals surface area contributed by atoms with Gasteiger partial charge in [-0.1, -0.05) is 53.2 Å². The molecule has 1 rings (SSSR count). The van der Waals surface area contributed by atoms with E-state index in [2.05, 4.69) is 6.58 Å². The number of alkyl halides is 4. The van der Waals surface area contributed by atoms with Crippen molar-refractivity contribution in [3.05, 3.63) is 12.2 Å². The van der Waals surface area contributed by atoms with E-state index in [0.717, 1.165) is 12.8 Å². The van der Waals surface area contributed by atoms with Crippen LogP contribution < -0.4 is 0 Å². The van der Waals surface area contributed by atoms with Gasteiger partial charge in [-0.3, -0.25) is 0 Å². The Balaban J connectivity index is 2.81. The van der Waals surface area contributed by atoms with Gasteiger partial charge in [0.05, 0.1) is 6.10 Å². The third kappa shape index (κ3) is 4.99. The van der Waals surface area contributed by atoms with E-state index in [1.807, 2.05) is 13.8 Å². The van der Waals surface area contributed by atoms with Gasteiger partial charge in [0, 0.05) is 11.8 Å².